The molecule has 0 saturated carbocycles. The molecule has 0 spiro atoms. The molecule has 11 rings (SSSR count). The van der Waals surface area contributed by atoms with Gasteiger partial charge in [0, 0.05) is 65.8 Å². The monoisotopic (exact) mass is 697 g/mol. The number of allylic oxidation sites excluding steroid dienone is 3. The van der Waals surface area contributed by atoms with Crippen LogP contribution >= 0.6 is 11.3 Å². The number of nitrogens with zero attached hydrogens (tertiary/aromatic N) is 3. The SMILES string of the molecule is CC12C=C(c3cccc4c3sc3ccccc34)C=CC1CN(c1ccc(-c3ccc4c(c3)c3ccccc3n4-c3ccccc3)nc1)c1ccccc12. The van der Waals surface area contributed by atoms with Crippen LogP contribution in [0.25, 0.3) is 64.5 Å². The molecule has 4 heterocycles. The number of fused-ring (bicyclic) bond motifs is 9. The van der Waals surface area contributed by atoms with Gasteiger partial charge in [-0.25, -0.2) is 0 Å². The second kappa shape index (κ2) is 11.6. The summed E-state index contributed by atoms with van der Waals surface area (Å²) in [4.78, 5) is 7.55. The van der Waals surface area contributed by atoms with Crippen LogP contribution in [0.2, 0.25) is 0 Å². The zero-order valence-corrected chi connectivity index (χ0v) is 30.1. The Kier molecular flexibility index (Phi) is 6.68. The molecule has 0 N–H and O–H groups in total. The predicted molar refractivity (Wildman–Crippen MR) is 225 cm³/mol. The maximum absolute atomic E-state index is 5.09. The fraction of sp³-hybridized carbons (Fsp3) is 0.0816. The van der Waals surface area contributed by atoms with E-state index in [1.807, 2.05) is 11.3 Å². The smallest absolute Gasteiger partial charge is 0.0703 e. The molecular weight excluding hydrogens is 663 g/mol. The summed E-state index contributed by atoms with van der Waals surface area (Å²) >= 11 is 1.90. The Hall–Kier alpha value is -6.23. The topological polar surface area (TPSA) is 21.1 Å². The number of hydrogen-bond acceptors (Lipinski definition) is 3. The summed E-state index contributed by atoms with van der Waals surface area (Å²) in [6.45, 7) is 3.31. The molecule has 2 unspecified atom stereocenters. The van der Waals surface area contributed by atoms with E-state index in [0.717, 1.165) is 23.5 Å². The van der Waals surface area contributed by atoms with Gasteiger partial charge in [0.05, 0.1) is 28.6 Å². The van der Waals surface area contributed by atoms with E-state index < -0.39 is 0 Å². The number of pyridine rings is 1. The van der Waals surface area contributed by atoms with E-state index in [1.54, 1.807) is 0 Å². The number of hydrogen-bond donors (Lipinski definition) is 0. The lowest BCUT2D eigenvalue weighted by molar-refractivity contribution is 0.414. The first-order valence-electron chi connectivity index (χ1n) is 18.4. The van der Waals surface area contributed by atoms with Crippen LogP contribution in [0.4, 0.5) is 11.4 Å². The quantitative estimate of drug-likeness (QED) is 0.183. The van der Waals surface area contributed by atoms with Crippen LogP contribution in [0.3, 0.4) is 0 Å². The van der Waals surface area contributed by atoms with Gasteiger partial charge in [0.1, 0.15) is 0 Å². The highest BCUT2D eigenvalue weighted by Gasteiger charge is 2.42. The standard InChI is InChI=1S/C49H35N3S/c1-49-29-33(37-16-11-17-40-39-15-6-10-21-47(39)53-48(37)40)22-24-34(49)31-51(46-20-9-7-18-42(46)49)36-25-26-43(50-30-36)32-23-27-45-41(28-32)38-14-5-8-19-44(38)52(45)35-12-3-2-4-13-35/h2-30,34H,31H2,1H3. The summed E-state index contributed by atoms with van der Waals surface area (Å²) < 4.78 is 5.06. The van der Waals surface area contributed by atoms with E-state index in [2.05, 4.69) is 192 Å². The van der Waals surface area contributed by atoms with E-state index in [1.165, 1.54) is 70.1 Å². The molecule has 0 radical (unpaired) electrons. The second-order valence-electron chi connectivity index (χ2n) is 14.6. The number of aromatic nitrogens is 2. The molecule has 0 fully saturated rings. The molecule has 0 amide bonds. The summed E-state index contributed by atoms with van der Waals surface area (Å²) in [6, 6.07) is 55.0. The fourth-order valence-electron chi connectivity index (χ4n) is 8.98. The van der Waals surface area contributed by atoms with Gasteiger partial charge in [-0.05, 0) is 71.3 Å². The van der Waals surface area contributed by atoms with Crippen LogP contribution in [0.5, 0.6) is 0 Å². The summed E-state index contributed by atoms with van der Waals surface area (Å²) in [5, 5.41) is 5.16. The normalized spacial score (nSPS) is 18.1. The van der Waals surface area contributed by atoms with Crippen molar-refractivity contribution in [2.24, 2.45) is 5.92 Å². The lowest BCUT2D eigenvalue weighted by atomic mass is 9.65. The molecule has 4 heteroatoms. The maximum atomic E-state index is 5.09. The van der Waals surface area contributed by atoms with E-state index in [9.17, 15) is 0 Å². The molecule has 0 bridgehead atoms. The second-order valence-corrected chi connectivity index (χ2v) is 15.6. The molecule has 2 aliphatic rings. The molecule has 9 aromatic rings. The lowest BCUT2D eigenvalue weighted by Gasteiger charge is -2.47. The molecule has 3 aromatic heterocycles. The molecule has 3 nitrogen and oxygen atoms in total. The zero-order valence-electron chi connectivity index (χ0n) is 29.3. The number of anilines is 2. The van der Waals surface area contributed by atoms with Gasteiger partial charge in [-0.3, -0.25) is 4.98 Å². The zero-order chi connectivity index (χ0) is 35.1. The van der Waals surface area contributed by atoms with Crippen LogP contribution in [-0.2, 0) is 5.41 Å². The molecule has 6 aromatic carbocycles. The van der Waals surface area contributed by atoms with Gasteiger partial charge in [0.25, 0.3) is 0 Å². The van der Waals surface area contributed by atoms with Crippen LogP contribution in [-0.4, -0.2) is 16.1 Å². The van der Waals surface area contributed by atoms with Crippen LogP contribution in [0, 0.1) is 5.92 Å². The molecule has 1 aliphatic heterocycles. The Morgan fingerprint density at radius 2 is 1.43 bits per heavy atom. The van der Waals surface area contributed by atoms with Gasteiger partial charge in [-0.1, -0.05) is 122 Å². The van der Waals surface area contributed by atoms with E-state index >= 15 is 0 Å². The highest BCUT2D eigenvalue weighted by molar-refractivity contribution is 7.26. The highest BCUT2D eigenvalue weighted by Crippen LogP contribution is 2.51. The third-order valence-electron chi connectivity index (χ3n) is 11.6. The Bertz CT molecular complexity index is 2950. The van der Waals surface area contributed by atoms with Crippen LogP contribution < -0.4 is 4.90 Å². The van der Waals surface area contributed by atoms with Gasteiger partial charge < -0.3 is 9.47 Å². The predicted octanol–water partition coefficient (Wildman–Crippen LogP) is 12.9. The minimum atomic E-state index is -0.141. The van der Waals surface area contributed by atoms with Gasteiger partial charge in [0.2, 0.25) is 0 Å². The Labute approximate surface area is 312 Å². The van der Waals surface area contributed by atoms with Gasteiger partial charge in [-0.2, -0.15) is 0 Å². The van der Waals surface area contributed by atoms with Crippen molar-refractivity contribution in [3.05, 3.63) is 187 Å². The van der Waals surface area contributed by atoms with Crippen molar-refractivity contribution < 1.29 is 0 Å². The van der Waals surface area contributed by atoms with Crippen molar-refractivity contribution in [2.75, 3.05) is 11.4 Å². The fourth-order valence-corrected chi connectivity index (χ4v) is 10.2. The van der Waals surface area contributed by atoms with Crippen molar-refractivity contribution in [3.8, 4) is 16.9 Å². The molecular formula is C49H35N3S. The van der Waals surface area contributed by atoms with Gasteiger partial charge >= 0.3 is 0 Å². The van der Waals surface area contributed by atoms with E-state index in [-0.39, 0.29) is 5.41 Å². The molecule has 53 heavy (non-hydrogen) atoms. The number of para-hydroxylation sites is 3. The Morgan fingerprint density at radius 1 is 0.660 bits per heavy atom. The summed E-state index contributed by atoms with van der Waals surface area (Å²) in [6.07, 6.45) is 9.42. The maximum Gasteiger partial charge on any atom is 0.0703 e. The third-order valence-corrected chi connectivity index (χ3v) is 12.9. The minimum Gasteiger partial charge on any atom is -0.339 e. The van der Waals surface area contributed by atoms with Gasteiger partial charge in [-0.15, -0.1) is 11.3 Å². The Balaban J connectivity index is 0.953. The van der Waals surface area contributed by atoms with Crippen molar-refractivity contribution in [2.45, 2.75) is 12.3 Å². The third kappa shape index (κ3) is 4.62. The van der Waals surface area contributed by atoms with Crippen molar-refractivity contribution in [3.63, 3.8) is 0 Å². The molecule has 1 aliphatic carbocycles. The summed E-state index contributed by atoms with van der Waals surface area (Å²) in [7, 11) is 0. The number of benzene rings is 6. The van der Waals surface area contributed by atoms with Crippen molar-refractivity contribution >= 4 is 70.3 Å². The van der Waals surface area contributed by atoms with Gasteiger partial charge in [0.15, 0.2) is 0 Å². The van der Waals surface area contributed by atoms with Crippen LogP contribution in [0.1, 0.15) is 18.1 Å². The van der Waals surface area contributed by atoms with E-state index in [4.69, 9.17) is 4.98 Å². The molecule has 2 atom stereocenters. The van der Waals surface area contributed by atoms with E-state index in [0.29, 0.717) is 5.92 Å². The van der Waals surface area contributed by atoms with Crippen molar-refractivity contribution in [1.29, 1.82) is 0 Å². The summed E-state index contributed by atoms with van der Waals surface area (Å²) in [5.41, 5.74) is 11.9. The van der Waals surface area contributed by atoms with Crippen LogP contribution in [0.15, 0.2) is 176 Å². The largest absolute Gasteiger partial charge is 0.339 e. The van der Waals surface area contributed by atoms with Crippen molar-refractivity contribution in [1.82, 2.24) is 9.55 Å². The first kappa shape index (κ1) is 30.4. The average molecular weight is 698 g/mol. The Morgan fingerprint density at radius 3 is 2.32 bits per heavy atom. The number of rotatable bonds is 4. The molecule has 252 valence electrons. The summed E-state index contributed by atoms with van der Waals surface area (Å²) in [5.74, 6) is 0.312. The first-order chi connectivity index (χ1) is 26.1. The minimum absolute atomic E-state index is 0.141. The highest BCUT2D eigenvalue weighted by atomic mass is 32.1. The average Bonchev–Trinajstić information content (AvgIpc) is 3.76. The lowest BCUT2D eigenvalue weighted by Crippen LogP contribution is -2.44. The number of thiophene rings is 1. The molecule has 0 saturated heterocycles. The first-order valence-corrected chi connectivity index (χ1v) is 19.2.